The van der Waals surface area contributed by atoms with Crippen LogP contribution in [-0.2, 0) is 9.59 Å². The van der Waals surface area contributed by atoms with Gasteiger partial charge in [-0.2, -0.15) is 0 Å². The van der Waals surface area contributed by atoms with Crippen molar-refractivity contribution in [1.29, 1.82) is 0 Å². The number of nitroso groups, excluding NO2 is 1. The maximum atomic E-state index is 11.0. The number of carbonyl (C=O) groups excluding carboxylic acids is 1. The number of amides is 1. The Bertz CT molecular complexity index is 268. The van der Waals surface area contributed by atoms with Crippen LogP contribution < -0.4 is 0 Å². The van der Waals surface area contributed by atoms with E-state index in [9.17, 15) is 14.5 Å². The van der Waals surface area contributed by atoms with E-state index in [0.29, 0.717) is 0 Å². The van der Waals surface area contributed by atoms with Crippen molar-refractivity contribution in [1.82, 2.24) is 9.91 Å². The molecule has 0 saturated carbocycles. The largest absolute Gasteiger partial charge is 0.480 e. The molecule has 1 amide bonds. The molecule has 1 N–H and O–H groups in total. The van der Waals surface area contributed by atoms with Gasteiger partial charge >= 0.3 is 5.97 Å². The minimum atomic E-state index is -1.12. The van der Waals surface area contributed by atoms with Gasteiger partial charge in [-0.1, -0.05) is 0 Å². The molecule has 0 bridgehead atoms. The lowest BCUT2D eigenvalue weighted by Gasteiger charge is -2.35. The standard InChI is InChI=1S/C7H11N3O4/c1-5(11)10-3-2-9(8-14)4-6(10)7(12)13/h6H,2-4H2,1H3,(H,12,13). The van der Waals surface area contributed by atoms with E-state index in [0.717, 1.165) is 5.01 Å². The van der Waals surface area contributed by atoms with E-state index in [4.69, 9.17) is 5.11 Å². The fourth-order valence-corrected chi connectivity index (χ4v) is 1.43. The van der Waals surface area contributed by atoms with Crippen LogP contribution in [0.1, 0.15) is 6.92 Å². The first kappa shape index (κ1) is 10.4. The molecule has 0 aromatic heterocycles. The lowest BCUT2D eigenvalue weighted by atomic mass is 10.2. The lowest BCUT2D eigenvalue weighted by Crippen LogP contribution is -2.56. The van der Waals surface area contributed by atoms with Crippen LogP contribution in [0.15, 0.2) is 5.29 Å². The number of hydrogen-bond donors (Lipinski definition) is 1. The Morgan fingerprint density at radius 3 is 2.50 bits per heavy atom. The molecule has 1 rings (SSSR count). The molecule has 0 radical (unpaired) electrons. The summed E-state index contributed by atoms with van der Waals surface area (Å²) in [6.07, 6.45) is 0. The van der Waals surface area contributed by atoms with Crippen LogP contribution in [0, 0.1) is 4.91 Å². The zero-order valence-corrected chi connectivity index (χ0v) is 7.71. The van der Waals surface area contributed by atoms with Gasteiger partial charge in [0.1, 0.15) is 6.04 Å². The Kier molecular flexibility index (Phi) is 3.00. The number of carboxylic acids is 1. The van der Waals surface area contributed by atoms with E-state index in [-0.39, 0.29) is 25.5 Å². The second-order valence-electron chi connectivity index (χ2n) is 3.06. The van der Waals surface area contributed by atoms with Crippen LogP contribution in [0.25, 0.3) is 0 Å². The van der Waals surface area contributed by atoms with Gasteiger partial charge in [0.15, 0.2) is 0 Å². The molecule has 1 atom stereocenters. The van der Waals surface area contributed by atoms with Crippen molar-refractivity contribution in [2.45, 2.75) is 13.0 Å². The molecule has 1 aliphatic heterocycles. The minimum Gasteiger partial charge on any atom is -0.480 e. The van der Waals surface area contributed by atoms with Gasteiger partial charge in [0.05, 0.1) is 18.4 Å². The fraction of sp³-hybridized carbons (Fsp3) is 0.714. The Balaban J connectivity index is 2.75. The minimum absolute atomic E-state index is 0.0432. The monoisotopic (exact) mass is 201 g/mol. The molecule has 0 aliphatic carbocycles. The van der Waals surface area contributed by atoms with Gasteiger partial charge in [-0.05, 0) is 0 Å². The maximum Gasteiger partial charge on any atom is 0.328 e. The maximum absolute atomic E-state index is 11.0. The highest BCUT2D eigenvalue weighted by Gasteiger charge is 2.33. The highest BCUT2D eigenvalue weighted by Crippen LogP contribution is 2.10. The average Bonchev–Trinajstić information content (AvgIpc) is 2.16. The van der Waals surface area contributed by atoms with Gasteiger partial charge in [0.2, 0.25) is 5.91 Å². The topological polar surface area (TPSA) is 90.3 Å². The molecule has 1 aliphatic rings. The summed E-state index contributed by atoms with van der Waals surface area (Å²) in [7, 11) is 0. The molecule has 0 aromatic carbocycles. The summed E-state index contributed by atoms with van der Waals surface area (Å²) in [4.78, 5) is 33.2. The summed E-state index contributed by atoms with van der Waals surface area (Å²) in [6.45, 7) is 1.77. The van der Waals surface area contributed by atoms with Crippen molar-refractivity contribution in [3.63, 3.8) is 0 Å². The third-order valence-electron chi connectivity index (χ3n) is 2.16. The first-order valence-electron chi connectivity index (χ1n) is 4.14. The third-order valence-corrected chi connectivity index (χ3v) is 2.16. The van der Waals surface area contributed by atoms with E-state index in [2.05, 4.69) is 5.29 Å². The molecule has 0 spiro atoms. The first-order chi connectivity index (χ1) is 6.56. The molecule has 78 valence electrons. The molecule has 1 unspecified atom stereocenters. The van der Waals surface area contributed by atoms with Crippen molar-refractivity contribution in [2.75, 3.05) is 19.6 Å². The Hall–Kier alpha value is -1.66. The van der Waals surface area contributed by atoms with Crippen LogP contribution in [0.5, 0.6) is 0 Å². The smallest absolute Gasteiger partial charge is 0.328 e. The van der Waals surface area contributed by atoms with Crippen molar-refractivity contribution in [3.8, 4) is 0 Å². The highest BCUT2D eigenvalue weighted by molar-refractivity contribution is 5.82. The van der Waals surface area contributed by atoms with Crippen LogP contribution in [0.2, 0.25) is 0 Å². The van der Waals surface area contributed by atoms with Crippen LogP contribution in [0.3, 0.4) is 0 Å². The van der Waals surface area contributed by atoms with E-state index in [1.54, 1.807) is 0 Å². The molecule has 1 fully saturated rings. The van der Waals surface area contributed by atoms with E-state index in [1.807, 2.05) is 0 Å². The van der Waals surface area contributed by atoms with Crippen molar-refractivity contribution >= 4 is 11.9 Å². The van der Waals surface area contributed by atoms with Gasteiger partial charge in [0.25, 0.3) is 0 Å². The number of rotatable bonds is 2. The lowest BCUT2D eigenvalue weighted by molar-refractivity contribution is -0.152. The molecular weight excluding hydrogens is 190 g/mol. The predicted molar refractivity (Wildman–Crippen MR) is 46.2 cm³/mol. The summed E-state index contributed by atoms with van der Waals surface area (Å²) in [5.41, 5.74) is 0. The zero-order chi connectivity index (χ0) is 10.7. The Morgan fingerprint density at radius 2 is 2.07 bits per heavy atom. The summed E-state index contributed by atoms with van der Waals surface area (Å²) in [5, 5.41) is 12.6. The van der Waals surface area contributed by atoms with Crippen LogP contribution in [-0.4, -0.2) is 52.6 Å². The quantitative estimate of drug-likeness (QED) is 0.596. The van der Waals surface area contributed by atoms with Gasteiger partial charge in [-0.25, -0.2) is 4.79 Å². The van der Waals surface area contributed by atoms with Gasteiger partial charge in [0, 0.05) is 13.5 Å². The zero-order valence-electron chi connectivity index (χ0n) is 7.71. The second-order valence-corrected chi connectivity index (χ2v) is 3.06. The van der Waals surface area contributed by atoms with Crippen LogP contribution >= 0.6 is 0 Å². The summed E-state index contributed by atoms with van der Waals surface area (Å²) in [5.74, 6) is -1.42. The molecule has 1 heterocycles. The number of carbonyl (C=O) groups is 2. The average molecular weight is 201 g/mol. The van der Waals surface area contributed by atoms with Gasteiger partial charge in [-0.15, -0.1) is 4.91 Å². The highest BCUT2D eigenvalue weighted by atomic mass is 16.4. The Labute approximate surface area is 80.2 Å². The molecule has 14 heavy (non-hydrogen) atoms. The third kappa shape index (κ3) is 1.98. The van der Waals surface area contributed by atoms with E-state index < -0.39 is 12.0 Å². The number of carboxylic acid groups (broad SMARTS) is 1. The Morgan fingerprint density at radius 1 is 1.43 bits per heavy atom. The second kappa shape index (κ2) is 4.03. The normalized spacial score (nSPS) is 21.9. The SMILES string of the molecule is CC(=O)N1CCN(N=O)CC1C(=O)O. The fourth-order valence-electron chi connectivity index (χ4n) is 1.43. The molecule has 7 heteroatoms. The molecular formula is C7H11N3O4. The van der Waals surface area contributed by atoms with Gasteiger partial charge < -0.3 is 10.0 Å². The summed E-state index contributed by atoms with van der Waals surface area (Å²) >= 11 is 0. The predicted octanol–water partition coefficient (Wildman–Crippen LogP) is -0.715. The van der Waals surface area contributed by atoms with Gasteiger partial charge in [-0.3, -0.25) is 9.80 Å². The van der Waals surface area contributed by atoms with Crippen molar-refractivity contribution < 1.29 is 14.7 Å². The number of nitrogens with zero attached hydrogens (tertiary/aromatic N) is 3. The first-order valence-corrected chi connectivity index (χ1v) is 4.14. The van der Waals surface area contributed by atoms with Crippen molar-refractivity contribution in [2.24, 2.45) is 5.29 Å². The number of hydrogen-bond acceptors (Lipinski definition) is 4. The summed E-state index contributed by atoms with van der Waals surface area (Å²) < 4.78 is 0. The summed E-state index contributed by atoms with van der Waals surface area (Å²) in [6, 6.07) is -0.973. The van der Waals surface area contributed by atoms with E-state index >= 15 is 0 Å². The number of piperazine rings is 1. The molecule has 1 saturated heterocycles. The van der Waals surface area contributed by atoms with E-state index in [1.165, 1.54) is 11.8 Å². The number of aliphatic carboxylic acids is 1. The molecule has 7 nitrogen and oxygen atoms in total. The van der Waals surface area contributed by atoms with Crippen molar-refractivity contribution in [3.05, 3.63) is 4.91 Å². The molecule has 0 aromatic rings. The van der Waals surface area contributed by atoms with Crippen LogP contribution in [0.4, 0.5) is 0 Å².